The molecule has 262 valence electrons. The molecule has 2 aromatic carbocycles. The number of pyridine rings is 1. The number of fused-ring (bicyclic) bond motifs is 2. The summed E-state index contributed by atoms with van der Waals surface area (Å²) in [6, 6.07) is 12.9. The van der Waals surface area contributed by atoms with Gasteiger partial charge in [-0.25, -0.2) is 14.8 Å². The Morgan fingerprint density at radius 2 is 1.81 bits per heavy atom. The standard InChI is InChI=1S/C39H36N8O5/c1-22(2)28-16-25(17-32-35(28)47(5)39(51)46(32)4)45(3)26-19-42-36(43-20-26)24-9-11-31(41-18-24)38(50)40-14-6-7-23-8-12-33-29(15-23)30(21-52-33)27-10-13-34(48)44-37(27)49/h8-9,11-12,15-22,27H,10,13-14H2,1-5H3,(H,40,50)(H,44,48,49). The summed E-state index contributed by atoms with van der Waals surface area (Å²) in [5.74, 6) is 5.22. The van der Waals surface area contributed by atoms with Gasteiger partial charge in [0, 0.05) is 61.5 Å². The van der Waals surface area contributed by atoms with E-state index in [1.165, 1.54) is 0 Å². The van der Waals surface area contributed by atoms with Gasteiger partial charge in [-0.2, -0.15) is 0 Å². The lowest BCUT2D eigenvalue weighted by Crippen LogP contribution is -2.39. The molecular formula is C39H36N8O5. The van der Waals surface area contributed by atoms with Gasteiger partial charge in [0.1, 0.15) is 11.3 Å². The SMILES string of the molecule is CC(C)c1cc(N(C)c2cnc(-c3ccc(C(=O)NCC#Cc4ccc5occ(C6CCC(=O)NC6=O)c5c4)nc3)nc2)cc2c1n(C)c(=O)n2C. The van der Waals surface area contributed by atoms with Crippen LogP contribution in [0.2, 0.25) is 0 Å². The summed E-state index contributed by atoms with van der Waals surface area (Å²) in [6.07, 6.45) is 7.26. The number of anilines is 2. The van der Waals surface area contributed by atoms with E-state index in [0.29, 0.717) is 29.0 Å². The molecule has 1 aliphatic rings. The number of piperidine rings is 1. The third-order valence-electron chi connectivity index (χ3n) is 9.45. The number of imide groups is 1. The van der Waals surface area contributed by atoms with E-state index in [4.69, 9.17) is 4.42 Å². The Kier molecular flexibility index (Phi) is 8.90. The van der Waals surface area contributed by atoms with Crippen molar-refractivity contribution >= 4 is 51.1 Å². The molecule has 13 nitrogen and oxygen atoms in total. The Bertz CT molecular complexity index is 2500. The molecule has 0 radical (unpaired) electrons. The minimum Gasteiger partial charge on any atom is -0.464 e. The van der Waals surface area contributed by atoms with Gasteiger partial charge in [-0.15, -0.1) is 0 Å². The number of hydrogen-bond acceptors (Lipinski definition) is 9. The van der Waals surface area contributed by atoms with E-state index < -0.39 is 5.92 Å². The predicted octanol–water partition coefficient (Wildman–Crippen LogP) is 4.67. The molecule has 3 amide bonds. The largest absolute Gasteiger partial charge is 0.464 e. The summed E-state index contributed by atoms with van der Waals surface area (Å²) < 4.78 is 8.99. The number of benzene rings is 2. The molecule has 1 fully saturated rings. The maximum Gasteiger partial charge on any atom is 0.328 e. The van der Waals surface area contributed by atoms with E-state index in [2.05, 4.69) is 57.3 Å². The van der Waals surface area contributed by atoms with Crippen LogP contribution in [0.4, 0.5) is 11.4 Å². The molecule has 0 aliphatic carbocycles. The molecule has 0 bridgehead atoms. The number of carbonyl (C=O) groups is 3. The highest BCUT2D eigenvalue weighted by atomic mass is 16.3. The first-order valence-electron chi connectivity index (χ1n) is 16.8. The summed E-state index contributed by atoms with van der Waals surface area (Å²) in [6.45, 7) is 4.31. The molecule has 1 unspecified atom stereocenters. The highest BCUT2D eigenvalue weighted by Crippen LogP contribution is 2.34. The van der Waals surface area contributed by atoms with Gasteiger partial charge in [-0.3, -0.25) is 33.8 Å². The molecule has 5 heterocycles. The Labute approximate surface area is 298 Å². The van der Waals surface area contributed by atoms with Crippen molar-refractivity contribution in [1.82, 2.24) is 34.7 Å². The zero-order chi connectivity index (χ0) is 36.7. The topological polar surface area (TPSA) is 157 Å². The van der Waals surface area contributed by atoms with Crippen molar-refractivity contribution in [2.24, 2.45) is 14.1 Å². The maximum absolute atomic E-state index is 12.8. The van der Waals surface area contributed by atoms with Gasteiger partial charge >= 0.3 is 5.69 Å². The first kappa shape index (κ1) is 33.9. The van der Waals surface area contributed by atoms with Crippen molar-refractivity contribution in [3.05, 3.63) is 100 Å². The molecule has 52 heavy (non-hydrogen) atoms. The van der Waals surface area contributed by atoms with Crippen LogP contribution in [0, 0.1) is 11.8 Å². The van der Waals surface area contributed by atoms with Crippen LogP contribution in [0.5, 0.6) is 0 Å². The molecule has 0 spiro atoms. The van der Waals surface area contributed by atoms with E-state index >= 15 is 0 Å². The van der Waals surface area contributed by atoms with Crippen molar-refractivity contribution in [2.45, 2.75) is 38.5 Å². The van der Waals surface area contributed by atoms with Gasteiger partial charge < -0.3 is 14.6 Å². The van der Waals surface area contributed by atoms with Crippen LogP contribution in [0.15, 0.2) is 76.5 Å². The van der Waals surface area contributed by atoms with Gasteiger partial charge in [0.05, 0.1) is 47.8 Å². The number of aromatic nitrogens is 5. The summed E-state index contributed by atoms with van der Waals surface area (Å²) in [7, 11) is 5.51. The minimum absolute atomic E-state index is 0.0698. The molecule has 0 saturated carbocycles. The fourth-order valence-electron chi connectivity index (χ4n) is 6.51. The molecule has 1 saturated heterocycles. The Hall–Kier alpha value is -6.55. The summed E-state index contributed by atoms with van der Waals surface area (Å²) in [5, 5.41) is 5.91. The predicted molar refractivity (Wildman–Crippen MR) is 196 cm³/mol. The van der Waals surface area contributed by atoms with E-state index in [-0.39, 0.29) is 48.0 Å². The van der Waals surface area contributed by atoms with Crippen LogP contribution in [-0.2, 0) is 23.7 Å². The second kappa shape index (κ2) is 13.6. The van der Waals surface area contributed by atoms with Crippen molar-refractivity contribution in [2.75, 3.05) is 18.5 Å². The van der Waals surface area contributed by atoms with Gasteiger partial charge in [0.25, 0.3) is 5.91 Å². The molecule has 4 aromatic heterocycles. The highest BCUT2D eigenvalue weighted by Gasteiger charge is 2.30. The van der Waals surface area contributed by atoms with E-state index in [1.54, 1.807) is 72.3 Å². The quantitative estimate of drug-likeness (QED) is 0.179. The summed E-state index contributed by atoms with van der Waals surface area (Å²) >= 11 is 0. The minimum atomic E-state index is -0.466. The second-order valence-corrected chi connectivity index (χ2v) is 13.1. The van der Waals surface area contributed by atoms with Crippen LogP contribution >= 0.6 is 0 Å². The molecule has 2 N–H and O–H groups in total. The fraction of sp³-hybridized carbons (Fsp3) is 0.256. The second-order valence-electron chi connectivity index (χ2n) is 13.1. The highest BCUT2D eigenvalue weighted by molar-refractivity contribution is 6.02. The first-order valence-corrected chi connectivity index (χ1v) is 16.8. The van der Waals surface area contributed by atoms with Crippen LogP contribution in [0.1, 0.15) is 65.7 Å². The number of furan rings is 1. The lowest BCUT2D eigenvalue weighted by atomic mass is 9.90. The van der Waals surface area contributed by atoms with Crippen LogP contribution in [0.25, 0.3) is 33.4 Å². The number of carbonyl (C=O) groups excluding carboxylic acids is 3. The number of imidazole rings is 1. The first-order chi connectivity index (χ1) is 25.0. The number of hydrogen-bond donors (Lipinski definition) is 2. The van der Waals surface area contributed by atoms with Crippen LogP contribution in [-0.4, -0.2) is 55.4 Å². The third kappa shape index (κ3) is 6.30. The average molecular weight is 697 g/mol. The van der Waals surface area contributed by atoms with Crippen LogP contribution < -0.4 is 21.2 Å². The molecule has 6 aromatic rings. The molecular weight excluding hydrogens is 660 g/mol. The van der Waals surface area contributed by atoms with Gasteiger partial charge in [0.2, 0.25) is 11.8 Å². The Morgan fingerprint density at radius 1 is 1.02 bits per heavy atom. The van der Waals surface area contributed by atoms with Gasteiger partial charge in [0.15, 0.2) is 5.82 Å². The number of amides is 3. The molecule has 13 heteroatoms. The van der Waals surface area contributed by atoms with Crippen molar-refractivity contribution in [3.8, 4) is 23.2 Å². The number of nitrogens with zero attached hydrogens (tertiary/aromatic N) is 6. The number of rotatable bonds is 7. The van der Waals surface area contributed by atoms with Crippen molar-refractivity contribution in [3.63, 3.8) is 0 Å². The average Bonchev–Trinajstić information content (AvgIpc) is 3.66. The van der Waals surface area contributed by atoms with E-state index in [1.807, 2.05) is 24.1 Å². The van der Waals surface area contributed by atoms with E-state index in [0.717, 1.165) is 38.9 Å². The lowest BCUT2D eigenvalue weighted by molar-refractivity contribution is -0.134. The summed E-state index contributed by atoms with van der Waals surface area (Å²) in [4.78, 5) is 64.9. The monoisotopic (exact) mass is 696 g/mol. The zero-order valence-electron chi connectivity index (χ0n) is 29.4. The normalized spacial score (nSPS) is 14.4. The van der Waals surface area contributed by atoms with Gasteiger partial charge in [-0.1, -0.05) is 25.7 Å². The molecule has 1 aliphatic heterocycles. The van der Waals surface area contributed by atoms with Crippen molar-refractivity contribution in [1.29, 1.82) is 0 Å². The number of nitrogens with one attached hydrogen (secondary N) is 2. The fourth-order valence-corrected chi connectivity index (χ4v) is 6.51. The molecule has 1 atom stereocenters. The maximum atomic E-state index is 12.8. The smallest absolute Gasteiger partial charge is 0.328 e. The Morgan fingerprint density at radius 3 is 2.52 bits per heavy atom. The van der Waals surface area contributed by atoms with Crippen LogP contribution in [0.3, 0.4) is 0 Å². The number of aryl methyl sites for hydroxylation is 2. The van der Waals surface area contributed by atoms with Gasteiger partial charge in [-0.05, 0) is 60.4 Å². The van der Waals surface area contributed by atoms with Crippen molar-refractivity contribution < 1.29 is 18.8 Å². The van der Waals surface area contributed by atoms with E-state index in [9.17, 15) is 19.2 Å². The lowest BCUT2D eigenvalue weighted by Gasteiger charge is -2.21. The Balaban J connectivity index is 0.992. The zero-order valence-corrected chi connectivity index (χ0v) is 29.4. The third-order valence-corrected chi connectivity index (χ3v) is 9.45. The molecule has 7 rings (SSSR count). The summed E-state index contributed by atoms with van der Waals surface area (Å²) in [5.41, 5.74) is 7.38.